The fourth-order valence-corrected chi connectivity index (χ4v) is 5.08. The molecule has 158 valence electrons. The normalized spacial score (nSPS) is 15.9. The molecule has 0 N–H and O–H groups in total. The number of carbonyl (C=O) groups excluding carboxylic acids is 2. The van der Waals surface area contributed by atoms with Gasteiger partial charge in [0.15, 0.2) is 11.5 Å². The lowest BCUT2D eigenvalue weighted by Gasteiger charge is -2.24. The Balaban J connectivity index is 1.63. The van der Waals surface area contributed by atoms with E-state index in [-0.39, 0.29) is 54.4 Å². The van der Waals surface area contributed by atoms with Crippen LogP contribution in [0.25, 0.3) is 0 Å². The molecule has 2 aromatic rings. The zero-order valence-electron chi connectivity index (χ0n) is 16.6. The summed E-state index contributed by atoms with van der Waals surface area (Å²) < 4.78 is 37.4. The number of hydrogen-bond acceptors (Lipinski definition) is 7. The standard InChI is InChI=1S/C18H24N4O6S/c1-13-17(14(2)28-19-13)29(25,26)22-8-5-7-21(9-10-22)16(23)12-20(3)18(24)15-6-4-11-27-15/h4,6,11H,5,7-10,12H2,1-3H3. The molecule has 0 radical (unpaired) electrons. The Kier molecular flexibility index (Phi) is 6.08. The molecule has 1 saturated heterocycles. The summed E-state index contributed by atoms with van der Waals surface area (Å²) >= 11 is 0. The van der Waals surface area contributed by atoms with Crippen molar-refractivity contribution >= 4 is 21.8 Å². The minimum absolute atomic E-state index is 0.0843. The van der Waals surface area contributed by atoms with Crippen molar-refractivity contribution in [3.05, 3.63) is 35.6 Å². The molecule has 2 aromatic heterocycles. The Morgan fingerprint density at radius 1 is 1.21 bits per heavy atom. The van der Waals surface area contributed by atoms with E-state index in [1.807, 2.05) is 0 Å². The van der Waals surface area contributed by atoms with Crippen LogP contribution in [0.2, 0.25) is 0 Å². The molecular formula is C18H24N4O6S. The van der Waals surface area contributed by atoms with Crippen LogP contribution in [0.5, 0.6) is 0 Å². The van der Waals surface area contributed by atoms with Crippen molar-refractivity contribution in [3.63, 3.8) is 0 Å². The smallest absolute Gasteiger partial charge is 0.289 e. The van der Waals surface area contributed by atoms with Gasteiger partial charge < -0.3 is 18.7 Å². The SMILES string of the molecule is Cc1noc(C)c1S(=O)(=O)N1CCCN(C(=O)CN(C)C(=O)c2ccco2)CC1. The van der Waals surface area contributed by atoms with Crippen LogP contribution in [-0.2, 0) is 14.8 Å². The predicted octanol–water partition coefficient (Wildman–Crippen LogP) is 0.880. The largest absolute Gasteiger partial charge is 0.459 e. The molecule has 10 nitrogen and oxygen atoms in total. The molecule has 1 aliphatic heterocycles. The van der Waals surface area contributed by atoms with Crippen LogP contribution in [-0.4, -0.2) is 79.3 Å². The Labute approximate surface area is 169 Å². The number of furan rings is 1. The molecular weight excluding hydrogens is 400 g/mol. The van der Waals surface area contributed by atoms with Gasteiger partial charge in [-0.25, -0.2) is 8.42 Å². The molecule has 0 unspecified atom stereocenters. The van der Waals surface area contributed by atoms with Crippen molar-refractivity contribution in [2.24, 2.45) is 0 Å². The summed E-state index contributed by atoms with van der Waals surface area (Å²) in [5, 5.41) is 3.72. The quantitative estimate of drug-likeness (QED) is 0.699. The van der Waals surface area contributed by atoms with Crippen LogP contribution in [0, 0.1) is 13.8 Å². The Bertz CT molecular complexity index is 963. The van der Waals surface area contributed by atoms with Crippen molar-refractivity contribution in [1.29, 1.82) is 0 Å². The molecule has 2 amide bonds. The molecule has 0 atom stereocenters. The average molecular weight is 424 g/mol. The minimum atomic E-state index is -3.76. The van der Waals surface area contributed by atoms with Gasteiger partial charge in [-0.15, -0.1) is 0 Å². The van der Waals surface area contributed by atoms with Crippen LogP contribution < -0.4 is 0 Å². The maximum atomic E-state index is 13.0. The highest BCUT2D eigenvalue weighted by atomic mass is 32.2. The highest BCUT2D eigenvalue weighted by molar-refractivity contribution is 7.89. The number of sulfonamides is 1. The topological polar surface area (TPSA) is 117 Å². The molecule has 0 spiro atoms. The lowest BCUT2D eigenvalue weighted by molar-refractivity contribution is -0.131. The van der Waals surface area contributed by atoms with Crippen LogP contribution in [0.3, 0.4) is 0 Å². The van der Waals surface area contributed by atoms with E-state index in [1.165, 1.54) is 28.6 Å². The summed E-state index contributed by atoms with van der Waals surface area (Å²) in [7, 11) is -2.23. The number of nitrogens with zero attached hydrogens (tertiary/aromatic N) is 4. The third-order valence-corrected chi connectivity index (χ3v) is 6.97. The summed E-state index contributed by atoms with van der Waals surface area (Å²) in [4.78, 5) is 27.8. The predicted molar refractivity (Wildman–Crippen MR) is 102 cm³/mol. The lowest BCUT2D eigenvalue weighted by atomic mass is 10.3. The zero-order chi connectivity index (χ0) is 21.2. The van der Waals surface area contributed by atoms with Gasteiger partial charge in [0.1, 0.15) is 10.6 Å². The van der Waals surface area contributed by atoms with E-state index in [2.05, 4.69) is 5.16 Å². The zero-order valence-corrected chi connectivity index (χ0v) is 17.4. The highest BCUT2D eigenvalue weighted by Gasteiger charge is 2.33. The van der Waals surface area contributed by atoms with Crippen molar-refractivity contribution in [2.45, 2.75) is 25.2 Å². The first-order chi connectivity index (χ1) is 13.7. The molecule has 0 bridgehead atoms. The van der Waals surface area contributed by atoms with E-state index < -0.39 is 10.0 Å². The van der Waals surface area contributed by atoms with E-state index >= 15 is 0 Å². The van der Waals surface area contributed by atoms with Crippen LogP contribution >= 0.6 is 0 Å². The van der Waals surface area contributed by atoms with Gasteiger partial charge in [-0.3, -0.25) is 9.59 Å². The number of carbonyl (C=O) groups is 2. The van der Waals surface area contributed by atoms with Crippen LogP contribution in [0.15, 0.2) is 32.2 Å². The first-order valence-corrected chi connectivity index (χ1v) is 10.7. The van der Waals surface area contributed by atoms with E-state index in [1.54, 1.807) is 24.8 Å². The van der Waals surface area contributed by atoms with Gasteiger partial charge in [-0.2, -0.15) is 4.31 Å². The molecule has 3 rings (SSSR count). The first kappa shape index (κ1) is 21.1. The number of rotatable bonds is 5. The fourth-order valence-electron chi connectivity index (χ4n) is 3.32. The summed E-state index contributed by atoms with van der Waals surface area (Å²) in [6.07, 6.45) is 1.88. The van der Waals surface area contributed by atoms with E-state index in [0.717, 1.165) is 0 Å². The van der Waals surface area contributed by atoms with Crippen molar-refractivity contribution in [3.8, 4) is 0 Å². The molecule has 0 saturated carbocycles. The maximum Gasteiger partial charge on any atom is 0.289 e. The van der Waals surface area contributed by atoms with E-state index in [4.69, 9.17) is 8.94 Å². The molecule has 11 heteroatoms. The van der Waals surface area contributed by atoms with Crippen LogP contribution in [0.1, 0.15) is 28.4 Å². The van der Waals surface area contributed by atoms with Crippen molar-refractivity contribution in [2.75, 3.05) is 39.8 Å². The van der Waals surface area contributed by atoms with Crippen molar-refractivity contribution in [1.82, 2.24) is 19.3 Å². The Hall–Kier alpha value is -2.66. The highest BCUT2D eigenvalue weighted by Crippen LogP contribution is 2.24. The van der Waals surface area contributed by atoms with E-state index in [0.29, 0.717) is 18.7 Å². The van der Waals surface area contributed by atoms with Crippen LogP contribution in [0.4, 0.5) is 0 Å². The van der Waals surface area contributed by atoms with Gasteiger partial charge in [-0.1, -0.05) is 5.16 Å². The third-order valence-electron chi connectivity index (χ3n) is 4.82. The summed E-state index contributed by atoms with van der Waals surface area (Å²) in [6.45, 7) is 4.14. The maximum absolute atomic E-state index is 13.0. The third kappa shape index (κ3) is 4.35. The lowest BCUT2D eigenvalue weighted by Crippen LogP contribution is -2.43. The monoisotopic (exact) mass is 424 g/mol. The van der Waals surface area contributed by atoms with Gasteiger partial charge >= 0.3 is 0 Å². The van der Waals surface area contributed by atoms with Crippen molar-refractivity contribution < 1.29 is 26.9 Å². The molecule has 1 fully saturated rings. The Morgan fingerprint density at radius 2 is 1.97 bits per heavy atom. The average Bonchev–Trinajstić information content (AvgIpc) is 3.23. The molecule has 1 aliphatic rings. The number of hydrogen-bond donors (Lipinski definition) is 0. The van der Waals surface area contributed by atoms with Gasteiger partial charge in [0.2, 0.25) is 15.9 Å². The van der Waals surface area contributed by atoms with Gasteiger partial charge in [-0.05, 0) is 32.4 Å². The summed E-state index contributed by atoms with van der Waals surface area (Å²) in [6, 6.07) is 3.14. The molecule has 3 heterocycles. The first-order valence-electron chi connectivity index (χ1n) is 9.21. The number of likely N-dealkylation sites (N-methyl/N-ethyl adjacent to an activating group) is 1. The number of aryl methyl sites for hydroxylation is 2. The second-order valence-corrected chi connectivity index (χ2v) is 8.81. The summed E-state index contributed by atoms with van der Waals surface area (Å²) in [5.41, 5.74) is 0.317. The fraction of sp³-hybridized carbons (Fsp3) is 0.500. The summed E-state index contributed by atoms with van der Waals surface area (Å²) in [5.74, 6) is -0.226. The second kappa shape index (κ2) is 8.37. The van der Waals surface area contributed by atoms with Gasteiger partial charge in [0.25, 0.3) is 5.91 Å². The van der Waals surface area contributed by atoms with E-state index in [9.17, 15) is 18.0 Å². The number of aromatic nitrogens is 1. The minimum Gasteiger partial charge on any atom is -0.459 e. The molecule has 0 aromatic carbocycles. The van der Waals surface area contributed by atoms with Gasteiger partial charge in [0.05, 0.1) is 12.8 Å². The molecule has 29 heavy (non-hydrogen) atoms. The Morgan fingerprint density at radius 3 is 2.59 bits per heavy atom. The number of amides is 2. The molecule has 0 aliphatic carbocycles. The second-order valence-electron chi connectivity index (χ2n) is 6.93. The van der Waals surface area contributed by atoms with Gasteiger partial charge in [0, 0.05) is 33.2 Å².